The van der Waals surface area contributed by atoms with Gasteiger partial charge in [0.05, 0.1) is 4.90 Å². The molecule has 1 aliphatic rings. The smallest absolute Gasteiger partial charge is 0.289 e. The van der Waals surface area contributed by atoms with Gasteiger partial charge in [0.1, 0.15) is 6.67 Å². The van der Waals surface area contributed by atoms with Crippen LogP contribution < -0.4 is 4.90 Å². The summed E-state index contributed by atoms with van der Waals surface area (Å²) >= 11 is 5.38. The third kappa shape index (κ3) is 3.62. The van der Waals surface area contributed by atoms with Crippen LogP contribution in [-0.2, 0) is 22.9 Å². The Kier molecular flexibility index (Phi) is 4.84. The summed E-state index contributed by atoms with van der Waals surface area (Å²) in [7, 11) is -3.27. The number of hydrogen-bond donors (Lipinski definition) is 0. The van der Waals surface area contributed by atoms with E-state index in [1.54, 1.807) is 16.8 Å². The van der Waals surface area contributed by atoms with Gasteiger partial charge in [-0.2, -0.15) is 0 Å². The predicted octanol–water partition coefficient (Wildman–Crippen LogP) is 3.99. The predicted molar refractivity (Wildman–Crippen MR) is 111 cm³/mol. The van der Waals surface area contributed by atoms with Gasteiger partial charge in [-0.15, -0.1) is 5.10 Å². The van der Waals surface area contributed by atoms with Crippen LogP contribution in [0.15, 0.2) is 51.8 Å². The summed E-state index contributed by atoms with van der Waals surface area (Å²) in [6.45, 7) is 3.21. The summed E-state index contributed by atoms with van der Waals surface area (Å²) in [4.78, 5) is 2.72. The monoisotopic (exact) mass is 415 g/mol. The van der Waals surface area contributed by atoms with E-state index in [1.165, 1.54) is 6.26 Å². The Morgan fingerprint density at radius 1 is 1.21 bits per heavy atom. The minimum atomic E-state index is -3.27. The second-order valence-electron chi connectivity index (χ2n) is 7.06. The summed E-state index contributed by atoms with van der Waals surface area (Å²) in [6.07, 6.45) is 3.14. The zero-order valence-corrected chi connectivity index (χ0v) is 17.4. The van der Waals surface area contributed by atoms with Gasteiger partial charge in [0.25, 0.3) is 4.84 Å². The van der Waals surface area contributed by atoms with Gasteiger partial charge in [-0.3, -0.25) is 0 Å². The van der Waals surface area contributed by atoms with E-state index in [-0.39, 0.29) is 0 Å². The van der Waals surface area contributed by atoms with E-state index in [9.17, 15) is 8.42 Å². The molecule has 0 atom stereocenters. The number of aromatic nitrogens is 2. The molecule has 3 aromatic rings. The van der Waals surface area contributed by atoms with E-state index >= 15 is 0 Å². The molecule has 0 saturated carbocycles. The molecule has 146 valence electrons. The largest absolute Gasteiger partial charge is 0.409 e. The Hall–Kier alpha value is -2.45. The first-order valence-electron chi connectivity index (χ1n) is 9.05. The second kappa shape index (κ2) is 7.18. The van der Waals surface area contributed by atoms with Crippen LogP contribution in [-0.4, -0.2) is 31.0 Å². The van der Waals surface area contributed by atoms with Gasteiger partial charge in [0, 0.05) is 24.1 Å². The van der Waals surface area contributed by atoms with Crippen LogP contribution in [0.3, 0.4) is 0 Å². The van der Waals surface area contributed by atoms with Crippen LogP contribution in [0.5, 0.6) is 0 Å². The lowest BCUT2D eigenvalue weighted by molar-refractivity contribution is 0.494. The Balaban J connectivity index is 1.68. The van der Waals surface area contributed by atoms with E-state index in [0.29, 0.717) is 22.3 Å². The molecule has 2 aromatic carbocycles. The summed E-state index contributed by atoms with van der Waals surface area (Å²) in [5, 5.41) is 4.56. The number of nitrogens with zero attached hydrogens (tertiary/aromatic N) is 3. The van der Waals surface area contributed by atoms with Crippen molar-refractivity contribution in [3.05, 3.63) is 58.4 Å². The quantitative estimate of drug-likeness (QED) is 0.600. The lowest BCUT2D eigenvalue weighted by Gasteiger charge is -2.31. The number of sulfone groups is 1. The maximum Gasteiger partial charge on any atom is 0.289 e. The number of rotatable bonds is 4. The summed E-state index contributed by atoms with van der Waals surface area (Å²) in [5.41, 5.74) is 4.02. The van der Waals surface area contributed by atoms with Gasteiger partial charge in [-0.25, -0.2) is 13.1 Å². The van der Waals surface area contributed by atoms with E-state index in [1.807, 2.05) is 37.3 Å². The fourth-order valence-electron chi connectivity index (χ4n) is 3.49. The van der Waals surface area contributed by atoms with Crippen LogP contribution >= 0.6 is 12.2 Å². The molecule has 2 heterocycles. The molecule has 8 heteroatoms. The van der Waals surface area contributed by atoms with Gasteiger partial charge in [-0.05, 0) is 61.3 Å². The molecule has 0 bridgehead atoms. The molecule has 0 amide bonds. The highest BCUT2D eigenvalue weighted by Gasteiger charge is 2.21. The molecular formula is C20H21N3O3S2. The van der Waals surface area contributed by atoms with Gasteiger partial charge < -0.3 is 9.32 Å². The highest BCUT2D eigenvalue weighted by molar-refractivity contribution is 7.90. The highest BCUT2D eigenvalue weighted by atomic mass is 32.2. The summed E-state index contributed by atoms with van der Waals surface area (Å²) in [6, 6.07) is 13.2. The molecule has 28 heavy (non-hydrogen) atoms. The lowest BCUT2D eigenvalue weighted by atomic mass is 10.0. The Morgan fingerprint density at radius 2 is 2.00 bits per heavy atom. The van der Waals surface area contributed by atoms with Crippen molar-refractivity contribution >= 4 is 27.7 Å². The van der Waals surface area contributed by atoms with Gasteiger partial charge in [0.15, 0.2) is 9.84 Å². The van der Waals surface area contributed by atoms with Crippen molar-refractivity contribution in [2.75, 3.05) is 17.7 Å². The van der Waals surface area contributed by atoms with E-state index in [2.05, 4.69) is 10.00 Å². The minimum absolute atomic E-state index is 0.296. The van der Waals surface area contributed by atoms with Gasteiger partial charge in [0.2, 0.25) is 5.89 Å². The molecule has 0 N–H and O–H groups in total. The first-order chi connectivity index (χ1) is 13.3. The molecule has 0 unspecified atom stereocenters. The van der Waals surface area contributed by atoms with E-state index < -0.39 is 9.84 Å². The van der Waals surface area contributed by atoms with Crippen molar-refractivity contribution in [3.63, 3.8) is 0 Å². The molecule has 4 rings (SSSR count). The van der Waals surface area contributed by atoms with Crippen LogP contribution in [0.2, 0.25) is 0 Å². The molecule has 0 radical (unpaired) electrons. The van der Waals surface area contributed by atoms with Gasteiger partial charge in [-0.1, -0.05) is 24.3 Å². The molecule has 6 nitrogen and oxygen atoms in total. The molecule has 0 fully saturated rings. The fourth-order valence-corrected chi connectivity index (χ4v) is 4.31. The van der Waals surface area contributed by atoms with Crippen molar-refractivity contribution < 1.29 is 12.8 Å². The van der Waals surface area contributed by atoms with Crippen molar-refractivity contribution in [2.45, 2.75) is 31.3 Å². The van der Waals surface area contributed by atoms with Crippen LogP contribution in [0.4, 0.5) is 5.69 Å². The maximum atomic E-state index is 12.0. The zero-order valence-electron chi connectivity index (χ0n) is 15.8. The van der Waals surface area contributed by atoms with Crippen molar-refractivity contribution in [1.82, 2.24) is 9.78 Å². The van der Waals surface area contributed by atoms with Crippen molar-refractivity contribution in [1.29, 1.82) is 0 Å². The highest BCUT2D eigenvalue weighted by Crippen LogP contribution is 2.30. The topological polar surface area (TPSA) is 68.3 Å². The minimum Gasteiger partial charge on any atom is -0.409 e. The fraction of sp³-hybridized carbons (Fsp3) is 0.300. The molecule has 1 aromatic heterocycles. The number of fused-ring (bicyclic) bond motifs is 1. The molecule has 0 spiro atoms. The van der Waals surface area contributed by atoms with Crippen molar-refractivity contribution in [2.24, 2.45) is 0 Å². The average molecular weight is 416 g/mol. The molecular weight excluding hydrogens is 394 g/mol. The first kappa shape index (κ1) is 18.9. The second-order valence-corrected chi connectivity index (χ2v) is 9.42. The van der Waals surface area contributed by atoms with Gasteiger partial charge >= 0.3 is 0 Å². The average Bonchev–Trinajstić information content (AvgIpc) is 3.01. The Morgan fingerprint density at radius 3 is 2.75 bits per heavy atom. The SMILES string of the molecule is Cc1ccccc1-c1nn(CN2CCCc3ccc(S(C)(=O)=O)cc32)c(=S)o1. The zero-order chi connectivity index (χ0) is 19.9. The van der Waals surface area contributed by atoms with Crippen LogP contribution in [0, 0.1) is 11.8 Å². The maximum absolute atomic E-state index is 12.0. The first-order valence-corrected chi connectivity index (χ1v) is 11.3. The number of aryl methyl sites for hydroxylation is 2. The number of benzene rings is 2. The Bertz CT molecular complexity index is 1200. The third-order valence-corrected chi connectivity index (χ3v) is 6.39. The molecule has 0 aliphatic carbocycles. The number of hydrogen-bond acceptors (Lipinski definition) is 6. The summed E-state index contributed by atoms with van der Waals surface area (Å²) in [5.74, 6) is 0.491. The van der Waals surface area contributed by atoms with E-state index in [4.69, 9.17) is 16.6 Å². The normalized spacial score (nSPS) is 14.1. The van der Waals surface area contributed by atoms with Crippen molar-refractivity contribution in [3.8, 4) is 11.5 Å². The lowest BCUT2D eigenvalue weighted by Crippen LogP contribution is -2.32. The Labute approximate surface area is 169 Å². The summed E-state index contributed by atoms with van der Waals surface area (Å²) < 4.78 is 31.3. The van der Waals surface area contributed by atoms with Crippen LogP contribution in [0.25, 0.3) is 11.5 Å². The standard InChI is InChI=1S/C20H21N3O3S2/c1-14-6-3-4-8-17(14)19-21-23(20(27)26-19)13-22-11-5-7-15-9-10-16(12-18(15)22)28(2,24)25/h3-4,6,8-10,12H,5,7,11,13H2,1-2H3. The third-order valence-electron chi connectivity index (χ3n) is 4.99. The molecule has 1 aliphatic heterocycles. The van der Waals surface area contributed by atoms with Crippen LogP contribution in [0.1, 0.15) is 17.5 Å². The number of anilines is 1. The molecule has 0 saturated heterocycles. The van der Waals surface area contributed by atoms with E-state index in [0.717, 1.165) is 41.8 Å².